The zero-order chi connectivity index (χ0) is 21.8. The number of aryl methyl sites for hydroxylation is 1. The van der Waals surface area contributed by atoms with E-state index in [0.29, 0.717) is 43.3 Å². The van der Waals surface area contributed by atoms with Crippen molar-refractivity contribution in [3.05, 3.63) is 29.3 Å². The van der Waals surface area contributed by atoms with Crippen LogP contribution in [0.4, 0.5) is 5.69 Å². The molecular weight excluding hydrogens is 390 g/mol. The summed E-state index contributed by atoms with van der Waals surface area (Å²) in [6.45, 7) is 1.74. The molecule has 1 aromatic rings. The number of carboxylic acids is 1. The van der Waals surface area contributed by atoms with E-state index in [0.717, 1.165) is 4.90 Å². The number of carboxylic acid groups (broad SMARTS) is 1. The molecule has 30 heavy (non-hydrogen) atoms. The first-order chi connectivity index (χ1) is 14.3. The predicted molar refractivity (Wildman–Crippen MR) is 107 cm³/mol. The van der Waals surface area contributed by atoms with Gasteiger partial charge in [0.15, 0.2) is 0 Å². The smallest absolute Gasteiger partial charge is 0.306 e. The number of nitrogens with one attached hydrogen (secondary N) is 2. The van der Waals surface area contributed by atoms with Crippen LogP contribution in [0.5, 0.6) is 0 Å². The average Bonchev–Trinajstić information content (AvgIpc) is 2.70. The van der Waals surface area contributed by atoms with Gasteiger partial charge in [0.2, 0.25) is 18.2 Å². The molecule has 1 atom stereocenters. The number of benzene rings is 1. The van der Waals surface area contributed by atoms with Crippen molar-refractivity contribution in [1.29, 1.82) is 0 Å². The van der Waals surface area contributed by atoms with Crippen molar-refractivity contribution >= 4 is 35.8 Å². The van der Waals surface area contributed by atoms with Crippen molar-refractivity contribution in [2.45, 2.75) is 57.5 Å². The van der Waals surface area contributed by atoms with Crippen LogP contribution in [0.15, 0.2) is 18.2 Å². The van der Waals surface area contributed by atoms with Gasteiger partial charge in [-0.1, -0.05) is 12.1 Å². The molecule has 1 saturated carbocycles. The summed E-state index contributed by atoms with van der Waals surface area (Å²) < 4.78 is 0. The maximum atomic E-state index is 13.2. The van der Waals surface area contributed by atoms with Crippen LogP contribution in [-0.4, -0.2) is 52.2 Å². The molecule has 0 radical (unpaired) electrons. The highest BCUT2D eigenvalue weighted by Crippen LogP contribution is 2.30. The second-order valence-electron chi connectivity index (χ2n) is 7.81. The third-order valence-electron chi connectivity index (χ3n) is 5.82. The van der Waals surface area contributed by atoms with Gasteiger partial charge in [0.1, 0.15) is 6.04 Å². The molecule has 1 heterocycles. The van der Waals surface area contributed by atoms with Crippen LogP contribution in [0.3, 0.4) is 0 Å². The molecule has 1 aliphatic heterocycles. The molecule has 1 aromatic carbocycles. The molecule has 3 N–H and O–H groups in total. The molecule has 4 amide bonds. The van der Waals surface area contributed by atoms with Crippen molar-refractivity contribution in [1.82, 2.24) is 10.2 Å². The number of rotatable bonds is 6. The van der Waals surface area contributed by atoms with Crippen LogP contribution in [0.1, 0.15) is 54.4 Å². The van der Waals surface area contributed by atoms with Crippen LogP contribution in [0, 0.1) is 12.8 Å². The molecule has 0 spiro atoms. The molecule has 2 fully saturated rings. The summed E-state index contributed by atoms with van der Waals surface area (Å²) in [7, 11) is 0. The SMILES string of the molecule is Cc1cccc(NC2CCC(C(=O)O)CC2)c1C(=O)N(C=O)C1CCC(=O)NC1=O. The lowest BCUT2D eigenvalue weighted by molar-refractivity contribution is -0.143. The van der Waals surface area contributed by atoms with E-state index < -0.39 is 29.7 Å². The van der Waals surface area contributed by atoms with Gasteiger partial charge in [-0.2, -0.15) is 0 Å². The molecule has 160 valence electrons. The maximum Gasteiger partial charge on any atom is 0.306 e. The van der Waals surface area contributed by atoms with E-state index in [9.17, 15) is 24.0 Å². The number of nitrogens with zero attached hydrogens (tertiary/aromatic N) is 1. The van der Waals surface area contributed by atoms with Gasteiger partial charge >= 0.3 is 5.97 Å². The van der Waals surface area contributed by atoms with Gasteiger partial charge in [0.05, 0.1) is 11.5 Å². The van der Waals surface area contributed by atoms with E-state index in [2.05, 4.69) is 10.6 Å². The van der Waals surface area contributed by atoms with Crippen molar-refractivity contribution in [2.75, 3.05) is 5.32 Å². The number of amides is 4. The highest BCUT2D eigenvalue weighted by atomic mass is 16.4. The van der Waals surface area contributed by atoms with E-state index in [4.69, 9.17) is 5.11 Å². The van der Waals surface area contributed by atoms with E-state index in [1.807, 2.05) is 0 Å². The number of carbonyl (C=O) groups excluding carboxylic acids is 4. The van der Waals surface area contributed by atoms with Crippen LogP contribution in [-0.2, 0) is 19.2 Å². The van der Waals surface area contributed by atoms with Gasteiger partial charge in [-0.25, -0.2) is 0 Å². The van der Waals surface area contributed by atoms with E-state index >= 15 is 0 Å². The predicted octanol–water partition coefficient (Wildman–Crippen LogP) is 1.45. The zero-order valence-electron chi connectivity index (χ0n) is 16.7. The van der Waals surface area contributed by atoms with Crippen LogP contribution in [0.2, 0.25) is 0 Å². The van der Waals surface area contributed by atoms with Crippen molar-refractivity contribution in [3.63, 3.8) is 0 Å². The Kier molecular flexibility index (Phi) is 6.49. The normalized spacial score (nSPS) is 24.0. The summed E-state index contributed by atoms with van der Waals surface area (Å²) in [5, 5.41) is 14.6. The first-order valence-electron chi connectivity index (χ1n) is 10.0. The largest absolute Gasteiger partial charge is 0.481 e. The standard InChI is InChI=1S/C21H25N3O6/c1-12-3-2-4-15(22-14-7-5-13(6-8-14)21(29)30)18(12)20(28)24(11-25)16-9-10-17(26)23-19(16)27/h2-4,11,13-14,16,22H,5-10H2,1H3,(H,29,30)(H,23,26,27). The minimum absolute atomic E-state index is 0.00855. The van der Waals surface area contributed by atoms with Gasteiger partial charge in [0, 0.05) is 18.2 Å². The fourth-order valence-electron chi connectivity index (χ4n) is 4.12. The number of hydrogen-bond donors (Lipinski definition) is 3. The molecule has 2 aliphatic rings. The zero-order valence-corrected chi connectivity index (χ0v) is 16.7. The highest BCUT2D eigenvalue weighted by Gasteiger charge is 2.36. The molecule has 3 rings (SSSR count). The Bertz CT molecular complexity index is 875. The molecule has 9 heteroatoms. The summed E-state index contributed by atoms with van der Waals surface area (Å²) in [4.78, 5) is 60.5. The van der Waals surface area contributed by atoms with Gasteiger partial charge in [-0.15, -0.1) is 0 Å². The molecule has 1 saturated heterocycles. The number of aliphatic carboxylic acids is 1. The molecule has 1 unspecified atom stereocenters. The maximum absolute atomic E-state index is 13.2. The van der Waals surface area contributed by atoms with Crippen LogP contribution >= 0.6 is 0 Å². The van der Waals surface area contributed by atoms with Gasteiger partial charge in [-0.05, 0) is 50.7 Å². The Morgan fingerprint density at radius 1 is 1.17 bits per heavy atom. The van der Waals surface area contributed by atoms with E-state index in [1.54, 1.807) is 25.1 Å². The molecule has 1 aliphatic carbocycles. The second kappa shape index (κ2) is 9.06. The molecular formula is C21H25N3O6. The quantitative estimate of drug-likeness (QED) is 0.473. The Morgan fingerprint density at radius 3 is 2.47 bits per heavy atom. The number of piperidine rings is 1. The Balaban J connectivity index is 1.80. The molecule has 0 aromatic heterocycles. The minimum Gasteiger partial charge on any atom is -0.481 e. The van der Waals surface area contributed by atoms with Crippen molar-refractivity contribution in [3.8, 4) is 0 Å². The van der Waals surface area contributed by atoms with Gasteiger partial charge in [0.25, 0.3) is 5.91 Å². The van der Waals surface area contributed by atoms with Gasteiger partial charge in [-0.3, -0.25) is 34.2 Å². The Morgan fingerprint density at radius 2 is 1.87 bits per heavy atom. The first kappa shape index (κ1) is 21.5. The lowest BCUT2D eigenvalue weighted by Crippen LogP contribution is -2.54. The average molecular weight is 415 g/mol. The number of hydrogen-bond acceptors (Lipinski definition) is 6. The summed E-state index contributed by atoms with van der Waals surface area (Å²) >= 11 is 0. The molecule has 0 bridgehead atoms. The summed E-state index contributed by atoms with van der Waals surface area (Å²) in [5.41, 5.74) is 1.47. The van der Waals surface area contributed by atoms with Crippen molar-refractivity contribution < 1.29 is 29.1 Å². The number of carbonyl (C=O) groups is 5. The first-order valence-corrected chi connectivity index (χ1v) is 10.0. The summed E-state index contributed by atoms with van der Waals surface area (Å²) in [6.07, 6.45) is 2.89. The van der Waals surface area contributed by atoms with Crippen LogP contribution in [0.25, 0.3) is 0 Å². The third-order valence-corrected chi connectivity index (χ3v) is 5.82. The fraction of sp³-hybridized carbons (Fsp3) is 0.476. The number of imide groups is 2. The minimum atomic E-state index is -1.04. The second-order valence-corrected chi connectivity index (χ2v) is 7.81. The third kappa shape index (κ3) is 4.50. The van der Waals surface area contributed by atoms with Crippen LogP contribution < -0.4 is 10.6 Å². The summed E-state index contributed by atoms with van der Waals surface area (Å²) in [5.74, 6) is -2.84. The Labute approximate surface area is 173 Å². The topological polar surface area (TPSA) is 133 Å². The lowest BCUT2D eigenvalue weighted by Gasteiger charge is -2.31. The highest BCUT2D eigenvalue weighted by molar-refractivity contribution is 6.09. The number of anilines is 1. The monoisotopic (exact) mass is 415 g/mol. The van der Waals surface area contributed by atoms with Gasteiger partial charge < -0.3 is 10.4 Å². The van der Waals surface area contributed by atoms with E-state index in [1.165, 1.54) is 0 Å². The molecule has 9 nitrogen and oxygen atoms in total. The fourth-order valence-corrected chi connectivity index (χ4v) is 4.12. The Hall–Kier alpha value is -3.23. The van der Waals surface area contributed by atoms with E-state index in [-0.39, 0.29) is 30.4 Å². The lowest BCUT2D eigenvalue weighted by atomic mass is 9.86. The van der Waals surface area contributed by atoms with Crippen molar-refractivity contribution in [2.24, 2.45) is 5.92 Å². The summed E-state index contributed by atoms with van der Waals surface area (Å²) in [6, 6.07) is 4.24.